The summed E-state index contributed by atoms with van der Waals surface area (Å²) in [5.74, 6) is 0. The molecule has 0 fully saturated rings. The molecule has 0 atom stereocenters. The van der Waals surface area contributed by atoms with Crippen molar-refractivity contribution in [3.63, 3.8) is 0 Å². The van der Waals surface area contributed by atoms with Crippen LogP contribution in [0.1, 0.15) is 50.1 Å². The smallest absolute Gasteiger partial charge is 0.147 e. The number of rotatable bonds is 6. The lowest BCUT2D eigenvalue weighted by Gasteiger charge is -2.29. The van der Waals surface area contributed by atoms with E-state index >= 15 is 0 Å². The number of furan rings is 2. The predicted octanol–water partition coefficient (Wildman–Crippen LogP) is 17.5. The lowest BCUT2D eigenvalue weighted by molar-refractivity contribution is 0.661. The molecule has 0 amide bonds. The van der Waals surface area contributed by atoms with E-state index < -0.39 is 0 Å². The Morgan fingerprint density at radius 2 is 0.698 bits per heavy atom. The zero-order chi connectivity index (χ0) is 43.4. The van der Waals surface area contributed by atoms with Gasteiger partial charge in [0, 0.05) is 50.3 Å². The first-order chi connectivity index (χ1) is 30.4. The minimum Gasteiger partial charge on any atom is -0.456 e. The van der Waals surface area contributed by atoms with Gasteiger partial charge in [0.15, 0.2) is 0 Å². The molecule has 9 aromatic carbocycles. The van der Waals surface area contributed by atoms with Gasteiger partial charge in [0.25, 0.3) is 0 Å². The second-order valence-electron chi connectivity index (χ2n) is 18.1. The Hall–Kier alpha value is -7.30. The van der Waals surface area contributed by atoms with Crippen molar-refractivity contribution >= 4 is 99.5 Å². The van der Waals surface area contributed by atoms with Gasteiger partial charge in [-0.05, 0) is 191 Å². The normalized spacial score (nSPS) is 11.9. The van der Waals surface area contributed by atoms with Crippen LogP contribution in [0.2, 0.25) is 0 Å². The van der Waals surface area contributed by atoms with Crippen LogP contribution in [-0.2, 0) is 0 Å². The summed E-state index contributed by atoms with van der Waals surface area (Å²) in [6.07, 6.45) is 0. The number of aryl methyl sites for hydroxylation is 9. The van der Waals surface area contributed by atoms with Crippen molar-refractivity contribution in [1.82, 2.24) is 0 Å². The van der Waals surface area contributed by atoms with E-state index in [0.29, 0.717) is 0 Å². The number of hydrogen-bond acceptors (Lipinski definition) is 4. The molecule has 11 rings (SSSR count). The van der Waals surface area contributed by atoms with Crippen molar-refractivity contribution in [2.75, 3.05) is 9.80 Å². The molecule has 0 N–H and O–H groups in total. The van der Waals surface area contributed by atoms with E-state index in [1.54, 1.807) is 0 Å². The van der Waals surface area contributed by atoms with E-state index in [4.69, 9.17) is 8.83 Å². The number of hydrogen-bond donors (Lipinski definition) is 0. The van der Waals surface area contributed by atoms with Crippen molar-refractivity contribution in [1.29, 1.82) is 0 Å². The standard InChI is InChI=1S/C59H50N2O2/c1-33-10-18-51(37(5)22-33)60(52-19-11-34(2)23-38(52)6)46-16-14-42-29-48-49-26-41(9)58-57(59(49)63-55(48)31-44(42)27-46)50-30-43-15-17-47(28-45(43)32-56(50)62-58)61(53-20-12-35(3)24-39(53)7)54-21-13-36(4)25-40(54)8/h10-32H,1-9H3. The highest BCUT2D eigenvalue weighted by molar-refractivity contribution is 6.25. The van der Waals surface area contributed by atoms with Crippen LogP contribution in [0.25, 0.3) is 65.4 Å². The molecule has 63 heavy (non-hydrogen) atoms. The van der Waals surface area contributed by atoms with Crippen molar-refractivity contribution in [2.45, 2.75) is 62.3 Å². The molecule has 4 nitrogen and oxygen atoms in total. The fraction of sp³-hybridized carbons (Fsp3) is 0.153. The maximum Gasteiger partial charge on any atom is 0.147 e. The molecule has 11 aromatic rings. The highest BCUT2D eigenvalue weighted by Gasteiger charge is 2.23. The summed E-state index contributed by atoms with van der Waals surface area (Å²) in [5.41, 5.74) is 21.4. The molecule has 2 heterocycles. The maximum absolute atomic E-state index is 6.95. The Morgan fingerprint density at radius 1 is 0.302 bits per heavy atom. The summed E-state index contributed by atoms with van der Waals surface area (Å²) in [6, 6.07) is 51.7. The van der Waals surface area contributed by atoms with Crippen LogP contribution in [0.15, 0.2) is 148 Å². The monoisotopic (exact) mass is 818 g/mol. The summed E-state index contributed by atoms with van der Waals surface area (Å²) < 4.78 is 13.7. The summed E-state index contributed by atoms with van der Waals surface area (Å²) >= 11 is 0. The fourth-order valence-electron chi connectivity index (χ4n) is 10.1. The third-order valence-electron chi connectivity index (χ3n) is 13.1. The molecule has 0 spiro atoms. The van der Waals surface area contributed by atoms with Crippen LogP contribution in [0.5, 0.6) is 0 Å². The minimum atomic E-state index is 0.850. The van der Waals surface area contributed by atoms with Crippen molar-refractivity contribution in [2.24, 2.45) is 0 Å². The average molecular weight is 819 g/mol. The largest absolute Gasteiger partial charge is 0.456 e. The van der Waals surface area contributed by atoms with Crippen LogP contribution in [-0.4, -0.2) is 0 Å². The third-order valence-corrected chi connectivity index (χ3v) is 13.1. The first-order valence-corrected chi connectivity index (χ1v) is 22.0. The molecule has 4 heteroatoms. The van der Waals surface area contributed by atoms with E-state index in [1.165, 1.54) is 72.6 Å². The van der Waals surface area contributed by atoms with Crippen LogP contribution in [0, 0.1) is 62.3 Å². The zero-order valence-electron chi connectivity index (χ0n) is 37.5. The number of nitrogens with zero attached hydrogens (tertiary/aromatic N) is 2. The molecular formula is C59H50N2O2. The van der Waals surface area contributed by atoms with Crippen LogP contribution in [0.4, 0.5) is 34.1 Å². The number of fused-ring (bicyclic) bond motifs is 9. The van der Waals surface area contributed by atoms with Gasteiger partial charge in [-0.2, -0.15) is 0 Å². The Bertz CT molecular complexity index is 3590. The van der Waals surface area contributed by atoms with Gasteiger partial charge in [-0.1, -0.05) is 82.9 Å². The average Bonchev–Trinajstić information content (AvgIpc) is 3.79. The molecule has 0 aliphatic carbocycles. The molecule has 0 saturated heterocycles. The predicted molar refractivity (Wildman–Crippen MR) is 268 cm³/mol. The highest BCUT2D eigenvalue weighted by atomic mass is 16.3. The van der Waals surface area contributed by atoms with Crippen molar-refractivity contribution in [3.8, 4) is 0 Å². The van der Waals surface area contributed by atoms with Crippen LogP contribution < -0.4 is 9.80 Å². The first kappa shape index (κ1) is 38.6. The van der Waals surface area contributed by atoms with Gasteiger partial charge < -0.3 is 18.6 Å². The topological polar surface area (TPSA) is 32.8 Å². The van der Waals surface area contributed by atoms with Crippen LogP contribution in [0.3, 0.4) is 0 Å². The Morgan fingerprint density at radius 3 is 1.13 bits per heavy atom. The molecule has 0 radical (unpaired) electrons. The molecule has 308 valence electrons. The Balaban J connectivity index is 1.06. The summed E-state index contributed by atoms with van der Waals surface area (Å²) in [5, 5.41) is 8.85. The van der Waals surface area contributed by atoms with Crippen molar-refractivity contribution in [3.05, 3.63) is 190 Å². The molecule has 0 unspecified atom stereocenters. The van der Waals surface area contributed by atoms with Gasteiger partial charge in [0.1, 0.15) is 22.3 Å². The second kappa shape index (κ2) is 14.4. The number of anilines is 6. The summed E-state index contributed by atoms with van der Waals surface area (Å²) in [4.78, 5) is 4.79. The van der Waals surface area contributed by atoms with E-state index in [0.717, 1.165) is 77.0 Å². The van der Waals surface area contributed by atoms with Crippen LogP contribution >= 0.6 is 0 Å². The van der Waals surface area contributed by atoms with Gasteiger partial charge in [-0.3, -0.25) is 0 Å². The Labute approximate surface area is 368 Å². The Kier molecular flexibility index (Phi) is 8.82. The molecule has 0 aliphatic heterocycles. The maximum atomic E-state index is 6.95. The van der Waals surface area contributed by atoms with Gasteiger partial charge in [-0.25, -0.2) is 0 Å². The summed E-state index contributed by atoms with van der Waals surface area (Å²) in [6.45, 7) is 19.6. The van der Waals surface area contributed by atoms with E-state index in [9.17, 15) is 0 Å². The molecule has 0 bridgehead atoms. The van der Waals surface area contributed by atoms with Gasteiger partial charge in [0.05, 0.1) is 5.39 Å². The van der Waals surface area contributed by atoms with Gasteiger partial charge in [-0.15, -0.1) is 0 Å². The summed E-state index contributed by atoms with van der Waals surface area (Å²) in [7, 11) is 0. The molecule has 0 saturated carbocycles. The van der Waals surface area contributed by atoms with Gasteiger partial charge in [0.2, 0.25) is 0 Å². The SMILES string of the molecule is Cc1ccc(N(c2ccc3cc4c(cc3c2)oc2c4cc(C)c3oc4cc5cc(N(c6ccc(C)cc6C)c6ccc(C)cc6C)ccc5cc4c32)c2ccc(C)cc2C)c(C)c1. The van der Waals surface area contributed by atoms with Crippen molar-refractivity contribution < 1.29 is 8.83 Å². The molecule has 2 aromatic heterocycles. The number of benzene rings is 9. The third kappa shape index (κ3) is 6.35. The zero-order valence-corrected chi connectivity index (χ0v) is 37.5. The second-order valence-corrected chi connectivity index (χ2v) is 18.1. The quantitative estimate of drug-likeness (QED) is 0.167. The first-order valence-electron chi connectivity index (χ1n) is 22.0. The highest BCUT2D eigenvalue weighted by Crippen LogP contribution is 2.46. The minimum absolute atomic E-state index is 0.850. The van der Waals surface area contributed by atoms with E-state index in [-0.39, 0.29) is 0 Å². The van der Waals surface area contributed by atoms with Gasteiger partial charge >= 0.3 is 0 Å². The fourth-order valence-corrected chi connectivity index (χ4v) is 10.1. The molecular weight excluding hydrogens is 769 g/mol. The van der Waals surface area contributed by atoms with E-state index in [1.807, 2.05) is 0 Å². The molecule has 0 aliphatic rings. The lowest BCUT2D eigenvalue weighted by Crippen LogP contribution is -2.13. The lowest BCUT2D eigenvalue weighted by atomic mass is 10.00. The van der Waals surface area contributed by atoms with E-state index in [2.05, 4.69) is 212 Å².